The van der Waals surface area contributed by atoms with Crippen LogP contribution < -0.4 is 0 Å². The molecule has 1 aromatic rings. The molecule has 2 nitrogen and oxygen atoms in total. The number of methoxy groups -OCH3 is 1. The van der Waals surface area contributed by atoms with E-state index < -0.39 is 11.8 Å². The van der Waals surface area contributed by atoms with Gasteiger partial charge in [-0.1, -0.05) is 12.6 Å². The van der Waals surface area contributed by atoms with Gasteiger partial charge < -0.3 is 4.74 Å². The summed E-state index contributed by atoms with van der Waals surface area (Å²) in [7, 11) is 1.26. The standard InChI is InChI=1S/C11H11FO2/c1-7(2)9-5-4-8(6-10(9)12)11(13)14-3/h4-6H,1H2,2-3H3. The van der Waals surface area contributed by atoms with Crippen LogP contribution in [0.2, 0.25) is 0 Å². The van der Waals surface area contributed by atoms with Gasteiger partial charge in [0.1, 0.15) is 5.82 Å². The summed E-state index contributed by atoms with van der Waals surface area (Å²) in [6, 6.07) is 4.18. The van der Waals surface area contributed by atoms with Gasteiger partial charge in [-0.3, -0.25) is 0 Å². The molecule has 3 heteroatoms. The van der Waals surface area contributed by atoms with E-state index in [1.165, 1.54) is 19.2 Å². The lowest BCUT2D eigenvalue weighted by atomic mass is 10.1. The fraction of sp³-hybridized carbons (Fsp3) is 0.182. The summed E-state index contributed by atoms with van der Waals surface area (Å²) in [5.74, 6) is -1.00. The van der Waals surface area contributed by atoms with Gasteiger partial charge in [0, 0.05) is 5.56 Å². The highest BCUT2D eigenvalue weighted by atomic mass is 19.1. The largest absolute Gasteiger partial charge is 0.465 e. The normalized spacial score (nSPS) is 9.64. The van der Waals surface area contributed by atoms with Crippen molar-refractivity contribution in [2.24, 2.45) is 0 Å². The van der Waals surface area contributed by atoms with E-state index >= 15 is 0 Å². The first-order valence-corrected chi connectivity index (χ1v) is 4.10. The van der Waals surface area contributed by atoms with Crippen molar-refractivity contribution in [3.8, 4) is 0 Å². The van der Waals surface area contributed by atoms with Crippen molar-refractivity contribution in [1.29, 1.82) is 0 Å². The van der Waals surface area contributed by atoms with Gasteiger partial charge in [0.15, 0.2) is 0 Å². The molecule has 0 aliphatic carbocycles. The van der Waals surface area contributed by atoms with Crippen LogP contribution in [0.5, 0.6) is 0 Å². The van der Waals surface area contributed by atoms with Crippen LogP contribution in [0, 0.1) is 5.82 Å². The van der Waals surface area contributed by atoms with E-state index in [4.69, 9.17) is 0 Å². The van der Waals surface area contributed by atoms with Gasteiger partial charge >= 0.3 is 5.97 Å². The van der Waals surface area contributed by atoms with Crippen molar-refractivity contribution in [2.45, 2.75) is 6.92 Å². The average molecular weight is 194 g/mol. The third kappa shape index (κ3) is 1.99. The van der Waals surface area contributed by atoms with Crippen molar-refractivity contribution >= 4 is 11.5 Å². The lowest BCUT2D eigenvalue weighted by Gasteiger charge is -2.04. The Morgan fingerprint density at radius 1 is 1.50 bits per heavy atom. The lowest BCUT2D eigenvalue weighted by molar-refractivity contribution is 0.0600. The number of carbonyl (C=O) groups excluding carboxylic acids is 1. The highest BCUT2D eigenvalue weighted by Crippen LogP contribution is 2.17. The molecule has 0 aliphatic heterocycles. The van der Waals surface area contributed by atoms with E-state index in [1.807, 2.05) is 0 Å². The van der Waals surface area contributed by atoms with E-state index in [-0.39, 0.29) is 5.56 Å². The Balaban J connectivity index is 3.12. The van der Waals surface area contributed by atoms with Gasteiger partial charge in [0.25, 0.3) is 0 Å². The zero-order chi connectivity index (χ0) is 10.7. The Hall–Kier alpha value is -1.64. The van der Waals surface area contributed by atoms with Crippen molar-refractivity contribution < 1.29 is 13.9 Å². The van der Waals surface area contributed by atoms with Crippen LogP contribution in [-0.2, 0) is 4.74 Å². The summed E-state index contributed by atoms with van der Waals surface area (Å²) in [4.78, 5) is 11.0. The lowest BCUT2D eigenvalue weighted by Crippen LogP contribution is -2.02. The molecule has 0 atom stereocenters. The quantitative estimate of drug-likeness (QED) is 0.676. The fourth-order valence-electron chi connectivity index (χ4n) is 1.11. The number of hydrogen-bond donors (Lipinski definition) is 0. The number of rotatable bonds is 2. The highest BCUT2D eigenvalue weighted by Gasteiger charge is 2.09. The van der Waals surface area contributed by atoms with Gasteiger partial charge in [-0.15, -0.1) is 0 Å². The minimum atomic E-state index is -0.544. The van der Waals surface area contributed by atoms with Crippen LogP contribution in [0.3, 0.4) is 0 Å². The van der Waals surface area contributed by atoms with Gasteiger partial charge in [-0.25, -0.2) is 9.18 Å². The Bertz CT molecular complexity index is 383. The molecule has 0 radical (unpaired) electrons. The molecule has 0 unspecified atom stereocenters. The number of benzene rings is 1. The number of carbonyl (C=O) groups is 1. The summed E-state index contributed by atoms with van der Waals surface area (Å²) in [6.45, 7) is 5.33. The summed E-state index contributed by atoms with van der Waals surface area (Å²) in [5.41, 5.74) is 1.24. The molecule has 0 saturated heterocycles. The second-order valence-corrected chi connectivity index (χ2v) is 2.97. The van der Waals surface area contributed by atoms with Gasteiger partial charge in [0.05, 0.1) is 12.7 Å². The maximum Gasteiger partial charge on any atom is 0.337 e. The summed E-state index contributed by atoms with van der Waals surface area (Å²) < 4.78 is 17.8. The maximum absolute atomic E-state index is 13.3. The second kappa shape index (κ2) is 4.05. The Morgan fingerprint density at radius 3 is 2.57 bits per heavy atom. The molecule has 0 heterocycles. The zero-order valence-electron chi connectivity index (χ0n) is 8.13. The molecule has 1 rings (SSSR count). The maximum atomic E-state index is 13.3. The minimum Gasteiger partial charge on any atom is -0.465 e. The summed E-state index contributed by atoms with van der Waals surface area (Å²) >= 11 is 0. The van der Waals surface area contributed by atoms with Crippen LogP contribution in [0.1, 0.15) is 22.8 Å². The first-order valence-electron chi connectivity index (χ1n) is 4.10. The van der Waals surface area contributed by atoms with Gasteiger partial charge in [-0.2, -0.15) is 0 Å². The fourth-order valence-corrected chi connectivity index (χ4v) is 1.11. The smallest absolute Gasteiger partial charge is 0.337 e. The van der Waals surface area contributed by atoms with Crippen LogP contribution in [0.15, 0.2) is 24.8 Å². The monoisotopic (exact) mass is 194 g/mol. The van der Waals surface area contributed by atoms with Crippen LogP contribution >= 0.6 is 0 Å². The Morgan fingerprint density at radius 2 is 2.14 bits per heavy atom. The van der Waals surface area contributed by atoms with Gasteiger partial charge in [-0.05, 0) is 24.6 Å². The highest BCUT2D eigenvalue weighted by molar-refractivity contribution is 5.89. The number of halogens is 1. The van der Waals surface area contributed by atoms with E-state index in [0.29, 0.717) is 11.1 Å². The van der Waals surface area contributed by atoms with Crippen molar-refractivity contribution in [1.82, 2.24) is 0 Å². The number of hydrogen-bond acceptors (Lipinski definition) is 2. The van der Waals surface area contributed by atoms with Crippen LogP contribution in [0.4, 0.5) is 4.39 Å². The van der Waals surface area contributed by atoms with E-state index in [1.54, 1.807) is 6.92 Å². The van der Waals surface area contributed by atoms with Crippen LogP contribution in [-0.4, -0.2) is 13.1 Å². The predicted molar refractivity (Wildman–Crippen MR) is 52.4 cm³/mol. The number of allylic oxidation sites excluding steroid dienone is 1. The van der Waals surface area contributed by atoms with Crippen LogP contribution in [0.25, 0.3) is 5.57 Å². The summed E-state index contributed by atoms with van der Waals surface area (Å²) in [6.07, 6.45) is 0. The molecule has 1 aromatic carbocycles. The van der Waals surface area contributed by atoms with Crippen molar-refractivity contribution in [2.75, 3.05) is 7.11 Å². The van der Waals surface area contributed by atoms with E-state index in [9.17, 15) is 9.18 Å². The molecule has 0 bridgehead atoms. The molecule has 0 amide bonds. The number of ether oxygens (including phenoxy) is 1. The predicted octanol–water partition coefficient (Wildman–Crippen LogP) is 2.65. The average Bonchev–Trinajstić information content (AvgIpc) is 2.15. The molecule has 74 valence electrons. The first-order chi connectivity index (χ1) is 6.56. The molecule has 0 aliphatic rings. The Kier molecular flexibility index (Phi) is 3.02. The molecule has 0 aromatic heterocycles. The number of esters is 1. The first kappa shape index (κ1) is 10.4. The summed E-state index contributed by atoms with van der Waals surface area (Å²) in [5, 5.41) is 0. The minimum absolute atomic E-state index is 0.204. The SMILES string of the molecule is C=C(C)c1ccc(C(=O)OC)cc1F. The molecular weight excluding hydrogens is 183 g/mol. The topological polar surface area (TPSA) is 26.3 Å². The third-order valence-corrected chi connectivity index (χ3v) is 1.85. The molecular formula is C11H11FO2. The second-order valence-electron chi connectivity index (χ2n) is 2.97. The van der Waals surface area contributed by atoms with Crippen molar-refractivity contribution in [3.63, 3.8) is 0 Å². The molecule has 14 heavy (non-hydrogen) atoms. The third-order valence-electron chi connectivity index (χ3n) is 1.85. The Labute approximate surface area is 82.0 Å². The van der Waals surface area contributed by atoms with E-state index in [2.05, 4.69) is 11.3 Å². The molecule has 0 spiro atoms. The zero-order valence-corrected chi connectivity index (χ0v) is 8.13. The van der Waals surface area contributed by atoms with Gasteiger partial charge in [0.2, 0.25) is 0 Å². The van der Waals surface area contributed by atoms with Crippen molar-refractivity contribution in [3.05, 3.63) is 41.7 Å². The molecule has 0 fully saturated rings. The molecule has 0 saturated carbocycles. The van der Waals surface area contributed by atoms with E-state index in [0.717, 1.165) is 6.07 Å². The molecule has 0 N–H and O–H groups in total.